The second-order valence-electron chi connectivity index (χ2n) is 22.0. The van der Waals surface area contributed by atoms with E-state index in [-0.39, 0.29) is 31.1 Å². The van der Waals surface area contributed by atoms with Gasteiger partial charge in [0.15, 0.2) is 6.10 Å². The van der Waals surface area contributed by atoms with Crippen LogP contribution in [0.3, 0.4) is 0 Å². The third-order valence-electron chi connectivity index (χ3n) is 14.4. The minimum atomic E-state index is -0.776. The molecule has 0 aliphatic carbocycles. The van der Waals surface area contributed by atoms with E-state index < -0.39 is 6.10 Å². The van der Waals surface area contributed by atoms with Gasteiger partial charge >= 0.3 is 17.9 Å². The Labute approximate surface area is 472 Å². The molecule has 0 aliphatic rings. The number of rotatable bonds is 60. The maximum Gasteiger partial charge on any atom is 0.306 e. The van der Waals surface area contributed by atoms with Crippen LogP contribution in [0.4, 0.5) is 0 Å². The summed E-state index contributed by atoms with van der Waals surface area (Å²) in [5, 5.41) is 0. The highest BCUT2D eigenvalue weighted by molar-refractivity contribution is 5.71. The van der Waals surface area contributed by atoms with Crippen LogP contribution in [-0.4, -0.2) is 37.2 Å². The number of unbranched alkanes of at least 4 members (excludes halogenated alkanes) is 37. The Balaban J connectivity index is 4.15. The Bertz CT molecular complexity index is 1400. The van der Waals surface area contributed by atoms with Gasteiger partial charge in [0.1, 0.15) is 13.2 Å². The molecule has 0 aromatic heterocycles. The van der Waals surface area contributed by atoms with Crippen LogP contribution in [0.1, 0.15) is 335 Å². The smallest absolute Gasteiger partial charge is 0.306 e. The number of allylic oxidation sites excluding steroid dienone is 12. The number of hydrogen-bond donors (Lipinski definition) is 0. The molecule has 0 fully saturated rings. The molecule has 0 aliphatic heterocycles. The van der Waals surface area contributed by atoms with E-state index in [9.17, 15) is 14.4 Å². The summed E-state index contributed by atoms with van der Waals surface area (Å²) in [5.41, 5.74) is 0. The first-order valence-electron chi connectivity index (χ1n) is 32.9. The molecule has 6 nitrogen and oxygen atoms in total. The maximum absolute atomic E-state index is 12.9. The fraction of sp³-hybridized carbons (Fsp3) is 0.786. The molecule has 6 heteroatoms. The predicted octanol–water partition coefficient (Wildman–Crippen LogP) is 22.5. The van der Waals surface area contributed by atoms with Crippen LogP contribution in [0.25, 0.3) is 0 Å². The molecule has 0 saturated heterocycles. The van der Waals surface area contributed by atoms with Crippen LogP contribution >= 0.6 is 0 Å². The number of carbonyl (C=O) groups excluding carboxylic acids is 3. The normalized spacial score (nSPS) is 12.5. The summed E-state index contributed by atoms with van der Waals surface area (Å²) in [6.07, 6.45) is 83.5. The van der Waals surface area contributed by atoms with Crippen LogP contribution in [0.5, 0.6) is 0 Å². The molecule has 0 aromatic rings. The molecule has 0 bridgehead atoms. The van der Waals surface area contributed by atoms with Gasteiger partial charge in [-0.3, -0.25) is 14.4 Å². The molecule has 0 radical (unpaired) electrons. The highest BCUT2D eigenvalue weighted by Crippen LogP contribution is 2.17. The fourth-order valence-electron chi connectivity index (χ4n) is 9.53. The van der Waals surface area contributed by atoms with E-state index in [1.807, 2.05) is 0 Å². The molecule has 76 heavy (non-hydrogen) atoms. The zero-order valence-corrected chi connectivity index (χ0v) is 50.5. The van der Waals surface area contributed by atoms with E-state index in [4.69, 9.17) is 14.2 Å². The van der Waals surface area contributed by atoms with Crippen LogP contribution in [0.15, 0.2) is 72.9 Å². The van der Waals surface area contributed by atoms with Crippen molar-refractivity contribution in [2.75, 3.05) is 13.2 Å². The molecular formula is C70H124O6. The average Bonchev–Trinajstić information content (AvgIpc) is 3.42. The van der Waals surface area contributed by atoms with Gasteiger partial charge in [-0.05, 0) is 89.9 Å². The van der Waals surface area contributed by atoms with E-state index in [0.717, 1.165) is 96.3 Å². The Hall–Kier alpha value is -3.15. The third-order valence-corrected chi connectivity index (χ3v) is 14.4. The quantitative estimate of drug-likeness (QED) is 0.0261. The number of hydrogen-bond acceptors (Lipinski definition) is 6. The Kier molecular flexibility index (Phi) is 61.7. The van der Waals surface area contributed by atoms with Crippen molar-refractivity contribution in [2.45, 2.75) is 341 Å². The SMILES string of the molecule is CC/C=C\C/C=C\C/C=C\C/C=C\C/C=C\CCCCCCCCCCCCCCCCCC(=O)OCC(COC(=O)CCCCCCCCCCCCC)OC(=O)CCCCCCC/C=C\CCCCCCCCC. The predicted molar refractivity (Wildman–Crippen MR) is 330 cm³/mol. The van der Waals surface area contributed by atoms with Crippen LogP contribution in [0, 0.1) is 0 Å². The second kappa shape index (κ2) is 64.4. The van der Waals surface area contributed by atoms with Gasteiger partial charge in [-0.15, -0.1) is 0 Å². The molecule has 0 rings (SSSR count). The van der Waals surface area contributed by atoms with E-state index in [1.165, 1.54) is 199 Å². The standard InChI is InChI=1S/C70H124O6/c1-4-7-10-13-16-19-22-24-26-28-29-30-31-32-33-34-35-36-37-38-39-40-41-42-44-45-48-51-54-57-60-63-69(72)75-66-67(65-74-68(71)62-59-56-53-50-47-21-18-15-12-9-6-3)76-70(73)64-61-58-55-52-49-46-43-27-25-23-20-17-14-11-8-5-2/h7,10,16,19,24,26-27,29-30,32-33,43,67H,4-6,8-9,11-15,17-18,20-23,25,28,31,34-42,44-66H2,1-3H3/b10-7-,19-16-,26-24-,30-29-,33-32-,43-27-. The lowest BCUT2D eigenvalue weighted by Crippen LogP contribution is -2.30. The Morgan fingerprint density at radius 1 is 0.276 bits per heavy atom. The topological polar surface area (TPSA) is 78.9 Å². The van der Waals surface area contributed by atoms with Crippen molar-refractivity contribution in [2.24, 2.45) is 0 Å². The van der Waals surface area contributed by atoms with E-state index in [2.05, 4.69) is 93.7 Å². The summed E-state index contributed by atoms with van der Waals surface area (Å²) in [6, 6.07) is 0. The van der Waals surface area contributed by atoms with E-state index in [1.54, 1.807) is 0 Å². The highest BCUT2D eigenvalue weighted by Gasteiger charge is 2.19. The first-order valence-corrected chi connectivity index (χ1v) is 32.9. The van der Waals surface area contributed by atoms with Crippen LogP contribution < -0.4 is 0 Å². The Morgan fingerprint density at radius 3 is 0.816 bits per heavy atom. The molecule has 1 atom stereocenters. The van der Waals surface area contributed by atoms with Gasteiger partial charge in [-0.1, -0.05) is 299 Å². The van der Waals surface area contributed by atoms with Gasteiger partial charge in [0.2, 0.25) is 0 Å². The number of carbonyl (C=O) groups is 3. The summed E-state index contributed by atoms with van der Waals surface area (Å²) < 4.78 is 16.9. The minimum absolute atomic E-state index is 0.0736. The molecule has 0 aromatic carbocycles. The molecule has 1 unspecified atom stereocenters. The summed E-state index contributed by atoms with van der Waals surface area (Å²) in [7, 11) is 0. The van der Waals surface area contributed by atoms with Crippen molar-refractivity contribution in [3.63, 3.8) is 0 Å². The van der Waals surface area contributed by atoms with Crippen molar-refractivity contribution >= 4 is 17.9 Å². The largest absolute Gasteiger partial charge is 0.462 e. The number of esters is 3. The van der Waals surface area contributed by atoms with Gasteiger partial charge in [0.25, 0.3) is 0 Å². The third kappa shape index (κ3) is 61.7. The molecular weight excluding hydrogens is 937 g/mol. The lowest BCUT2D eigenvalue weighted by molar-refractivity contribution is -0.167. The van der Waals surface area contributed by atoms with Gasteiger partial charge in [0, 0.05) is 19.3 Å². The summed E-state index contributed by atoms with van der Waals surface area (Å²) in [5.74, 6) is -0.866. The fourth-order valence-corrected chi connectivity index (χ4v) is 9.53. The van der Waals surface area contributed by atoms with Crippen molar-refractivity contribution in [1.29, 1.82) is 0 Å². The molecule has 0 amide bonds. The van der Waals surface area contributed by atoms with Crippen molar-refractivity contribution in [3.05, 3.63) is 72.9 Å². The molecule has 0 N–H and O–H groups in total. The van der Waals surface area contributed by atoms with Gasteiger partial charge in [-0.2, -0.15) is 0 Å². The lowest BCUT2D eigenvalue weighted by atomic mass is 10.0. The first-order chi connectivity index (χ1) is 37.5. The second-order valence-corrected chi connectivity index (χ2v) is 22.0. The van der Waals surface area contributed by atoms with Gasteiger partial charge in [-0.25, -0.2) is 0 Å². The molecule has 0 saturated carbocycles. The zero-order valence-electron chi connectivity index (χ0n) is 50.5. The summed E-state index contributed by atoms with van der Waals surface area (Å²) in [4.78, 5) is 38.2. The van der Waals surface area contributed by atoms with Crippen molar-refractivity contribution < 1.29 is 28.6 Å². The monoisotopic (exact) mass is 1060 g/mol. The molecule has 0 spiro atoms. The molecule has 440 valence electrons. The lowest BCUT2D eigenvalue weighted by Gasteiger charge is -2.18. The van der Waals surface area contributed by atoms with Crippen LogP contribution in [-0.2, 0) is 28.6 Å². The Morgan fingerprint density at radius 2 is 0.513 bits per heavy atom. The highest BCUT2D eigenvalue weighted by atomic mass is 16.6. The molecule has 0 heterocycles. The minimum Gasteiger partial charge on any atom is -0.462 e. The van der Waals surface area contributed by atoms with Crippen molar-refractivity contribution in [3.8, 4) is 0 Å². The average molecular weight is 1060 g/mol. The number of ether oxygens (including phenoxy) is 3. The zero-order chi connectivity index (χ0) is 55.0. The maximum atomic E-state index is 12.9. The van der Waals surface area contributed by atoms with Gasteiger partial charge < -0.3 is 14.2 Å². The first kappa shape index (κ1) is 72.8. The summed E-state index contributed by atoms with van der Waals surface area (Å²) >= 11 is 0. The van der Waals surface area contributed by atoms with Gasteiger partial charge in [0.05, 0.1) is 0 Å². The van der Waals surface area contributed by atoms with E-state index in [0.29, 0.717) is 19.3 Å². The van der Waals surface area contributed by atoms with E-state index >= 15 is 0 Å². The van der Waals surface area contributed by atoms with Crippen molar-refractivity contribution in [1.82, 2.24) is 0 Å². The summed E-state index contributed by atoms with van der Waals surface area (Å²) in [6.45, 7) is 6.55. The van der Waals surface area contributed by atoms with Crippen LogP contribution in [0.2, 0.25) is 0 Å².